The second-order valence-corrected chi connectivity index (χ2v) is 8.69. The van der Waals surface area contributed by atoms with E-state index in [-0.39, 0.29) is 10.9 Å². The van der Waals surface area contributed by atoms with Gasteiger partial charge in [-0.2, -0.15) is 0 Å². The molecule has 1 N–H and O–H groups in total. The van der Waals surface area contributed by atoms with Crippen molar-refractivity contribution in [1.82, 2.24) is 9.47 Å². The van der Waals surface area contributed by atoms with Crippen LogP contribution in [0.5, 0.6) is 0 Å². The number of hydrogen-bond acceptors (Lipinski definition) is 4. The lowest BCUT2D eigenvalue weighted by Crippen LogP contribution is -2.46. The zero-order chi connectivity index (χ0) is 23.8. The van der Waals surface area contributed by atoms with E-state index in [4.69, 9.17) is 0 Å². The summed E-state index contributed by atoms with van der Waals surface area (Å²) in [5.41, 5.74) is 1.28. The maximum atomic E-state index is 15.1. The number of carboxylic acid groups (broad SMARTS) is 1. The number of aryl methyl sites for hydroxylation is 1. The van der Waals surface area contributed by atoms with Crippen LogP contribution in [0.1, 0.15) is 22.8 Å². The van der Waals surface area contributed by atoms with E-state index in [9.17, 15) is 14.7 Å². The molecule has 4 aromatic rings. The second-order valence-electron chi connectivity index (χ2n) is 8.69. The quantitative estimate of drug-likeness (QED) is 0.481. The number of anilines is 1. The van der Waals surface area contributed by atoms with Crippen molar-refractivity contribution in [3.8, 4) is 0 Å². The van der Waals surface area contributed by atoms with Gasteiger partial charge < -0.3 is 14.6 Å². The number of carboxylic acids is 1. The lowest BCUT2D eigenvalue weighted by Gasteiger charge is -2.36. The number of fused-ring (bicyclic) bond motifs is 2. The van der Waals surface area contributed by atoms with Gasteiger partial charge in [-0.25, -0.2) is 9.18 Å². The van der Waals surface area contributed by atoms with Crippen LogP contribution in [0.3, 0.4) is 0 Å². The second kappa shape index (κ2) is 8.91. The highest BCUT2D eigenvalue weighted by atomic mass is 19.1. The van der Waals surface area contributed by atoms with Gasteiger partial charge in [0.25, 0.3) is 0 Å². The number of rotatable bonds is 5. The van der Waals surface area contributed by atoms with E-state index in [1.807, 2.05) is 17.9 Å². The smallest absolute Gasteiger partial charge is 0.341 e. The molecular weight excluding hydrogens is 433 g/mol. The van der Waals surface area contributed by atoms with E-state index in [0.717, 1.165) is 19.6 Å². The number of hydrogen-bond donors (Lipinski definition) is 1. The first-order valence-electron chi connectivity index (χ1n) is 11.5. The Labute approximate surface area is 196 Å². The fraction of sp³-hybridized carbons (Fsp3) is 0.259. The van der Waals surface area contributed by atoms with Crippen molar-refractivity contribution < 1.29 is 14.3 Å². The Kier molecular flexibility index (Phi) is 5.79. The van der Waals surface area contributed by atoms with Crippen molar-refractivity contribution in [2.75, 3.05) is 31.1 Å². The lowest BCUT2D eigenvalue weighted by molar-refractivity contribution is 0.0695. The van der Waals surface area contributed by atoms with Gasteiger partial charge in [0, 0.05) is 50.9 Å². The third kappa shape index (κ3) is 3.92. The summed E-state index contributed by atoms with van der Waals surface area (Å²) in [4.78, 5) is 28.4. The Morgan fingerprint density at radius 2 is 1.74 bits per heavy atom. The van der Waals surface area contributed by atoms with Crippen LogP contribution < -0.4 is 10.3 Å². The molecule has 0 unspecified atom stereocenters. The van der Waals surface area contributed by atoms with Crippen molar-refractivity contribution in [1.29, 1.82) is 0 Å². The van der Waals surface area contributed by atoms with Crippen molar-refractivity contribution in [2.24, 2.45) is 0 Å². The van der Waals surface area contributed by atoms with Crippen molar-refractivity contribution >= 4 is 33.3 Å². The predicted molar refractivity (Wildman–Crippen MR) is 132 cm³/mol. The van der Waals surface area contributed by atoms with Gasteiger partial charge in [0.2, 0.25) is 5.43 Å². The van der Waals surface area contributed by atoms with Crippen molar-refractivity contribution in [3.05, 3.63) is 88.0 Å². The van der Waals surface area contributed by atoms with Crippen LogP contribution >= 0.6 is 0 Å². The van der Waals surface area contributed by atoms with Crippen LogP contribution in [0.2, 0.25) is 0 Å². The summed E-state index contributed by atoms with van der Waals surface area (Å²) in [5.74, 6) is -1.81. The lowest BCUT2D eigenvalue weighted by atomic mass is 10.0. The molecule has 3 aromatic carbocycles. The molecule has 6 nitrogen and oxygen atoms in total. The molecule has 1 aromatic heterocycles. The molecule has 0 saturated carbocycles. The number of halogens is 1. The Bertz CT molecular complexity index is 1450. The van der Waals surface area contributed by atoms with Gasteiger partial charge in [-0.3, -0.25) is 9.69 Å². The minimum Gasteiger partial charge on any atom is -0.477 e. The zero-order valence-electron chi connectivity index (χ0n) is 19.0. The minimum atomic E-state index is -1.30. The van der Waals surface area contributed by atoms with Crippen LogP contribution in [0.25, 0.3) is 21.7 Å². The monoisotopic (exact) mass is 459 g/mol. The minimum absolute atomic E-state index is 0.0950. The maximum absolute atomic E-state index is 15.1. The van der Waals surface area contributed by atoms with E-state index in [1.54, 1.807) is 10.6 Å². The van der Waals surface area contributed by atoms with Gasteiger partial charge in [0.1, 0.15) is 11.4 Å². The van der Waals surface area contributed by atoms with Crippen molar-refractivity contribution in [2.45, 2.75) is 20.0 Å². The number of benzene rings is 3. The van der Waals surface area contributed by atoms with Gasteiger partial charge >= 0.3 is 5.97 Å². The Balaban J connectivity index is 1.39. The summed E-state index contributed by atoms with van der Waals surface area (Å²) in [5, 5.41) is 11.9. The molecule has 0 spiro atoms. The van der Waals surface area contributed by atoms with E-state index < -0.39 is 17.2 Å². The van der Waals surface area contributed by atoms with Crippen LogP contribution in [0, 0.1) is 5.82 Å². The normalized spacial score (nSPS) is 14.7. The Hall–Kier alpha value is -3.71. The summed E-state index contributed by atoms with van der Waals surface area (Å²) in [6.45, 7) is 6.08. The van der Waals surface area contributed by atoms with E-state index in [2.05, 4.69) is 41.3 Å². The Morgan fingerprint density at radius 3 is 2.47 bits per heavy atom. The first-order valence-corrected chi connectivity index (χ1v) is 11.5. The van der Waals surface area contributed by atoms with Gasteiger partial charge in [0.05, 0.1) is 11.2 Å². The number of piperazine rings is 1. The number of pyridine rings is 1. The molecule has 174 valence electrons. The molecule has 5 rings (SSSR count). The standard InChI is InChI=1S/C27H26FN3O3/c1-2-30-17-22(27(33)34)26(32)21-14-23(28)25(15-24(21)30)31-12-10-29(11-13-31)16-19-8-5-7-18-6-3-4-9-20(18)19/h3-9,14-15,17H,2,10-13,16H2,1H3,(H,33,34). The zero-order valence-corrected chi connectivity index (χ0v) is 19.0. The molecule has 0 atom stereocenters. The average Bonchev–Trinajstić information content (AvgIpc) is 2.85. The van der Waals surface area contributed by atoms with E-state index >= 15 is 4.39 Å². The van der Waals surface area contributed by atoms with Gasteiger partial charge in [-0.15, -0.1) is 0 Å². The molecule has 0 radical (unpaired) electrons. The third-order valence-electron chi connectivity index (χ3n) is 6.71. The highest BCUT2D eigenvalue weighted by Gasteiger charge is 2.23. The molecule has 0 bridgehead atoms. The number of aromatic nitrogens is 1. The maximum Gasteiger partial charge on any atom is 0.341 e. The number of aromatic carboxylic acids is 1. The topological polar surface area (TPSA) is 65.8 Å². The van der Waals surface area contributed by atoms with Crippen LogP contribution in [0.15, 0.2) is 65.6 Å². The van der Waals surface area contributed by atoms with Gasteiger partial charge in [-0.1, -0.05) is 42.5 Å². The fourth-order valence-electron chi connectivity index (χ4n) is 4.87. The molecular formula is C27H26FN3O3. The number of carbonyl (C=O) groups is 1. The molecule has 0 amide bonds. The molecule has 1 aliphatic rings. The van der Waals surface area contributed by atoms with Gasteiger partial charge in [0.15, 0.2) is 0 Å². The van der Waals surface area contributed by atoms with Crippen LogP contribution in [0.4, 0.5) is 10.1 Å². The average molecular weight is 460 g/mol. The summed E-state index contributed by atoms with van der Waals surface area (Å²) >= 11 is 0. The Morgan fingerprint density at radius 1 is 1.00 bits per heavy atom. The molecule has 1 aliphatic heterocycles. The summed E-state index contributed by atoms with van der Waals surface area (Å²) in [7, 11) is 0. The third-order valence-corrected chi connectivity index (χ3v) is 6.71. The molecule has 1 saturated heterocycles. The van der Waals surface area contributed by atoms with Crippen LogP contribution in [-0.2, 0) is 13.1 Å². The van der Waals surface area contributed by atoms with Gasteiger partial charge in [-0.05, 0) is 35.4 Å². The fourth-order valence-corrected chi connectivity index (χ4v) is 4.87. The molecule has 0 aliphatic carbocycles. The largest absolute Gasteiger partial charge is 0.477 e. The molecule has 34 heavy (non-hydrogen) atoms. The highest BCUT2D eigenvalue weighted by Crippen LogP contribution is 2.27. The van der Waals surface area contributed by atoms with E-state index in [1.165, 1.54) is 28.6 Å². The predicted octanol–water partition coefficient (Wildman–Crippen LogP) is 4.33. The van der Waals surface area contributed by atoms with Crippen LogP contribution in [-0.4, -0.2) is 46.7 Å². The highest BCUT2D eigenvalue weighted by molar-refractivity contribution is 5.93. The molecule has 2 heterocycles. The summed E-state index contributed by atoms with van der Waals surface area (Å²) in [6, 6.07) is 17.6. The first-order chi connectivity index (χ1) is 16.5. The van der Waals surface area contributed by atoms with Crippen molar-refractivity contribution in [3.63, 3.8) is 0 Å². The summed E-state index contributed by atoms with van der Waals surface area (Å²) in [6.07, 6.45) is 1.34. The first kappa shape index (κ1) is 22.1. The molecule has 7 heteroatoms. The summed E-state index contributed by atoms with van der Waals surface area (Å²) < 4.78 is 16.8. The number of nitrogens with zero attached hydrogens (tertiary/aromatic N) is 3. The molecule has 1 fully saturated rings. The SMILES string of the molecule is CCn1cc(C(=O)O)c(=O)c2cc(F)c(N3CCN(Cc4cccc5ccccc45)CC3)cc21. The van der Waals surface area contributed by atoms with E-state index in [0.29, 0.717) is 30.8 Å².